The Hall–Kier alpha value is -2.10. The van der Waals surface area contributed by atoms with E-state index in [1.54, 1.807) is 34.6 Å². The smallest absolute Gasteiger partial charge is 0.429 e. The quantitative estimate of drug-likeness (QED) is 0.603. The Kier molecular flexibility index (Phi) is 7.40. The van der Waals surface area contributed by atoms with Crippen LogP contribution < -0.4 is 5.43 Å². The minimum absolute atomic E-state index is 0.0810. The molecule has 1 rings (SSSR count). The Bertz CT molecular complexity index is 623. The van der Waals surface area contributed by atoms with Gasteiger partial charge in [-0.05, 0) is 46.8 Å². The normalized spacial score (nSPS) is 11.2. The molecule has 25 heavy (non-hydrogen) atoms. The van der Waals surface area contributed by atoms with Gasteiger partial charge in [0.25, 0.3) is 6.43 Å². The number of alkyl halides is 2. The van der Waals surface area contributed by atoms with E-state index in [9.17, 15) is 13.6 Å². The zero-order chi connectivity index (χ0) is 19.2. The Morgan fingerprint density at radius 3 is 2.60 bits per heavy atom. The maximum absolute atomic E-state index is 12.9. The van der Waals surface area contributed by atoms with Crippen LogP contribution in [0.4, 0.5) is 19.4 Å². The predicted molar refractivity (Wildman–Crippen MR) is 92.7 cm³/mol. The molecule has 0 aliphatic rings. The molecule has 1 amide bonds. The number of aromatic nitrogens is 2. The average molecular weight is 376 g/mol. The van der Waals surface area contributed by atoms with Gasteiger partial charge in [-0.2, -0.15) is 0 Å². The van der Waals surface area contributed by atoms with Crippen LogP contribution in [0.25, 0.3) is 0 Å². The fraction of sp³-hybridized carbons (Fsp3) is 0.600. The number of hydrogen-bond acceptors (Lipinski definition) is 7. The van der Waals surface area contributed by atoms with Gasteiger partial charge in [-0.25, -0.2) is 28.6 Å². The second-order valence-electron chi connectivity index (χ2n) is 5.99. The highest BCUT2D eigenvalue weighted by Crippen LogP contribution is 2.17. The van der Waals surface area contributed by atoms with Gasteiger partial charge in [-0.1, -0.05) is 0 Å². The maximum atomic E-state index is 12.9. The first-order valence-electron chi connectivity index (χ1n) is 7.59. The van der Waals surface area contributed by atoms with E-state index in [1.807, 2.05) is 0 Å². The number of carbonyl (C=O) groups excluding carboxylic acids is 1. The molecule has 0 aliphatic carbocycles. The third-order valence-electron chi connectivity index (χ3n) is 2.58. The number of rotatable bonds is 6. The monoisotopic (exact) mass is 376 g/mol. The summed E-state index contributed by atoms with van der Waals surface area (Å²) >= 11 is 5.12. The van der Waals surface area contributed by atoms with Crippen molar-refractivity contribution in [1.29, 1.82) is 0 Å². The summed E-state index contributed by atoms with van der Waals surface area (Å²) in [4.78, 5) is 20.3. The van der Waals surface area contributed by atoms with Crippen LogP contribution in [0.15, 0.2) is 6.20 Å². The Morgan fingerprint density at radius 1 is 1.44 bits per heavy atom. The van der Waals surface area contributed by atoms with Crippen molar-refractivity contribution >= 4 is 29.2 Å². The maximum Gasteiger partial charge on any atom is 0.429 e. The fourth-order valence-corrected chi connectivity index (χ4v) is 1.93. The molecule has 0 aliphatic heterocycles. The number of amides is 1. The van der Waals surface area contributed by atoms with Gasteiger partial charge in [0.05, 0.1) is 12.2 Å². The van der Waals surface area contributed by atoms with Crippen molar-refractivity contribution in [3.8, 4) is 0 Å². The van der Waals surface area contributed by atoms with Crippen LogP contribution in [0.3, 0.4) is 0 Å². The van der Waals surface area contributed by atoms with Crippen molar-refractivity contribution in [3.63, 3.8) is 0 Å². The second-order valence-corrected chi connectivity index (χ2v) is 6.36. The number of nitrogens with zero attached hydrogens (tertiary/aromatic N) is 3. The van der Waals surface area contributed by atoms with Crippen LogP contribution in [0.2, 0.25) is 0 Å². The van der Waals surface area contributed by atoms with Crippen LogP contribution in [0.1, 0.15) is 39.1 Å². The molecule has 1 heterocycles. The Labute approximate surface area is 150 Å². The highest BCUT2D eigenvalue weighted by atomic mass is 32.1. The highest BCUT2D eigenvalue weighted by Gasteiger charge is 2.26. The third-order valence-corrected chi connectivity index (χ3v) is 2.92. The molecule has 7 nitrogen and oxygen atoms in total. The summed E-state index contributed by atoms with van der Waals surface area (Å²) in [5.74, 6) is 0.448. The number of thiocarbonyl (C=S) groups is 1. The standard InChI is InChI=1S/C15H22F2N4O3S/c1-6-23-13(25)10-7-18-9(2)19-12(10)20-21(8-11(16)17)14(22)24-15(3,4)5/h7,11H,6,8H2,1-5H3,(H,18,19,20). The number of anilines is 1. The van der Waals surface area contributed by atoms with Crippen molar-refractivity contribution in [2.45, 2.75) is 46.6 Å². The van der Waals surface area contributed by atoms with E-state index in [4.69, 9.17) is 21.7 Å². The SMILES string of the molecule is CCOC(=S)c1cnc(C)nc1NN(CC(F)F)C(=O)OC(C)(C)C. The molecule has 0 aromatic carbocycles. The van der Waals surface area contributed by atoms with E-state index in [1.165, 1.54) is 6.20 Å². The molecule has 0 fully saturated rings. The summed E-state index contributed by atoms with van der Waals surface area (Å²) < 4.78 is 36.1. The predicted octanol–water partition coefficient (Wildman–Crippen LogP) is 3.33. The fourth-order valence-electron chi connectivity index (χ4n) is 1.66. The molecule has 0 saturated carbocycles. The minimum Gasteiger partial charge on any atom is -0.483 e. The molecular formula is C15H22F2N4O3S. The van der Waals surface area contributed by atoms with E-state index in [0.29, 0.717) is 17.4 Å². The van der Waals surface area contributed by atoms with Crippen molar-refractivity contribution in [2.24, 2.45) is 0 Å². The van der Waals surface area contributed by atoms with Crippen LogP contribution in [0.5, 0.6) is 0 Å². The van der Waals surface area contributed by atoms with Crippen molar-refractivity contribution < 1.29 is 23.0 Å². The van der Waals surface area contributed by atoms with E-state index < -0.39 is 24.7 Å². The average Bonchev–Trinajstić information content (AvgIpc) is 2.44. The van der Waals surface area contributed by atoms with E-state index in [-0.39, 0.29) is 16.4 Å². The van der Waals surface area contributed by atoms with Gasteiger partial charge in [0.15, 0.2) is 10.9 Å². The van der Waals surface area contributed by atoms with Gasteiger partial charge in [-0.3, -0.25) is 5.43 Å². The van der Waals surface area contributed by atoms with Gasteiger partial charge in [-0.15, -0.1) is 0 Å². The Balaban J connectivity index is 3.12. The molecular weight excluding hydrogens is 354 g/mol. The molecule has 0 spiro atoms. The lowest BCUT2D eigenvalue weighted by Crippen LogP contribution is -2.43. The molecule has 0 radical (unpaired) electrons. The zero-order valence-electron chi connectivity index (χ0n) is 14.8. The number of nitrogens with one attached hydrogen (secondary N) is 1. The number of hydrazine groups is 1. The largest absolute Gasteiger partial charge is 0.483 e. The van der Waals surface area contributed by atoms with Crippen molar-refractivity contribution in [2.75, 3.05) is 18.6 Å². The molecule has 1 aromatic heterocycles. The molecule has 10 heteroatoms. The summed E-state index contributed by atoms with van der Waals surface area (Å²) in [6.07, 6.45) is -2.33. The summed E-state index contributed by atoms with van der Waals surface area (Å²) in [7, 11) is 0. The summed E-state index contributed by atoms with van der Waals surface area (Å²) in [5, 5.41) is 0.738. The van der Waals surface area contributed by atoms with Gasteiger partial charge in [0.1, 0.15) is 18.0 Å². The minimum atomic E-state index is -2.77. The first-order chi connectivity index (χ1) is 11.5. The molecule has 1 N–H and O–H groups in total. The summed E-state index contributed by atoms with van der Waals surface area (Å²) in [6, 6.07) is 0. The zero-order valence-corrected chi connectivity index (χ0v) is 15.6. The van der Waals surface area contributed by atoms with Crippen LogP contribution >= 0.6 is 12.2 Å². The number of carbonyl (C=O) groups is 1. The first kappa shape index (κ1) is 20.9. The first-order valence-corrected chi connectivity index (χ1v) is 8.00. The number of hydrogen-bond donors (Lipinski definition) is 1. The van der Waals surface area contributed by atoms with E-state index >= 15 is 0 Å². The van der Waals surface area contributed by atoms with Crippen LogP contribution in [-0.4, -0.2) is 51.3 Å². The van der Waals surface area contributed by atoms with Gasteiger partial charge in [0, 0.05) is 6.20 Å². The topological polar surface area (TPSA) is 76.6 Å². The van der Waals surface area contributed by atoms with Gasteiger partial charge >= 0.3 is 6.09 Å². The lowest BCUT2D eigenvalue weighted by atomic mass is 10.2. The number of halogens is 2. The van der Waals surface area contributed by atoms with Crippen molar-refractivity contribution in [1.82, 2.24) is 15.0 Å². The number of aryl methyl sites for hydroxylation is 1. The lowest BCUT2D eigenvalue weighted by molar-refractivity contribution is 0.0163. The van der Waals surface area contributed by atoms with E-state index in [0.717, 1.165) is 0 Å². The molecule has 0 saturated heterocycles. The molecule has 0 bridgehead atoms. The van der Waals surface area contributed by atoms with Gasteiger partial charge in [0.2, 0.25) is 0 Å². The lowest BCUT2D eigenvalue weighted by Gasteiger charge is -2.28. The van der Waals surface area contributed by atoms with Gasteiger partial charge < -0.3 is 9.47 Å². The molecule has 1 aromatic rings. The molecule has 140 valence electrons. The summed E-state index contributed by atoms with van der Waals surface area (Å²) in [6.45, 7) is 7.70. The second kappa shape index (κ2) is 8.84. The van der Waals surface area contributed by atoms with Crippen LogP contribution in [0, 0.1) is 6.92 Å². The molecule has 0 unspecified atom stereocenters. The van der Waals surface area contributed by atoms with E-state index in [2.05, 4.69) is 15.4 Å². The van der Waals surface area contributed by atoms with Crippen LogP contribution in [-0.2, 0) is 9.47 Å². The summed E-state index contributed by atoms with van der Waals surface area (Å²) in [5.41, 5.74) is 1.98. The third kappa shape index (κ3) is 7.12. The van der Waals surface area contributed by atoms with Crippen molar-refractivity contribution in [3.05, 3.63) is 17.6 Å². The highest BCUT2D eigenvalue weighted by molar-refractivity contribution is 7.80. The Morgan fingerprint density at radius 2 is 2.08 bits per heavy atom. The molecule has 0 atom stereocenters. The number of ether oxygens (including phenoxy) is 2.